The van der Waals surface area contributed by atoms with E-state index in [4.69, 9.17) is 18.9 Å². The molecule has 0 aromatic heterocycles. The molecule has 4 atom stereocenters. The van der Waals surface area contributed by atoms with E-state index in [9.17, 15) is 4.79 Å². The van der Waals surface area contributed by atoms with Crippen molar-refractivity contribution in [3.8, 4) is 23.0 Å². The number of Topliss-reactive ketones (excluding diaryl/α,β-unsaturated/α-hetero) is 1. The molecule has 5 nitrogen and oxygen atoms in total. The maximum absolute atomic E-state index is 14.0. The lowest BCUT2D eigenvalue weighted by Gasteiger charge is -2.30. The molecular formula is C26H30O5. The minimum atomic E-state index is -0.241. The molecule has 2 spiro atoms. The van der Waals surface area contributed by atoms with Crippen molar-refractivity contribution in [2.75, 3.05) is 28.4 Å². The quantitative estimate of drug-likeness (QED) is 0.647. The fourth-order valence-corrected chi connectivity index (χ4v) is 6.14. The second-order valence-electron chi connectivity index (χ2n) is 9.22. The highest BCUT2D eigenvalue weighted by molar-refractivity contribution is 5.98. The first-order valence-electron chi connectivity index (χ1n) is 11.0. The topological polar surface area (TPSA) is 54.0 Å². The highest BCUT2D eigenvalue weighted by Gasteiger charge is 2.73. The van der Waals surface area contributed by atoms with Crippen molar-refractivity contribution in [2.45, 2.75) is 43.9 Å². The Hall–Kier alpha value is -2.69. The Morgan fingerprint density at radius 3 is 1.55 bits per heavy atom. The standard InChI is InChI=1S/C26H30O5/c1-28-16-6-8-18(22(12-16)30-3)20-14-25(20)10-5-11-26(24(25)27)15-21(26)19-9-7-17(29-2)13-23(19)31-4/h6-9,12-13,20-21H,5,10-11,14-15H2,1-4H3. The average molecular weight is 423 g/mol. The van der Waals surface area contributed by atoms with Gasteiger partial charge in [0.1, 0.15) is 28.8 Å². The van der Waals surface area contributed by atoms with Crippen molar-refractivity contribution in [3.05, 3.63) is 47.5 Å². The minimum Gasteiger partial charge on any atom is -0.497 e. The average Bonchev–Trinajstić information content (AvgIpc) is 3.72. The fourth-order valence-electron chi connectivity index (χ4n) is 6.14. The zero-order valence-corrected chi connectivity index (χ0v) is 18.7. The van der Waals surface area contributed by atoms with E-state index in [0.717, 1.165) is 66.2 Å². The summed E-state index contributed by atoms with van der Waals surface area (Å²) in [7, 11) is 6.68. The SMILES string of the molecule is COc1ccc(C2CC23CCCC2(CC2c2ccc(OC)cc2OC)C3=O)c(OC)c1. The molecular weight excluding hydrogens is 392 g/mol. The summed E-state index contributed by atoms with van der Waals surface area (Å²) in [5, 5.41) is 0. The van der Waals surface area contributed by atoms with Gasteiger partial charge in [0.15, 0.2) is 0 Å². The monoisotopic (exact) mass is 422 g/mol. The Balaban J connectivity index is 1.43. The van der Waals surface area contributed by atoms with Crippen LogP contribution in [0.1, 0.15) is 55.1 Å². The van der Waals surface area contributed by atoms with Crippen molar-refractivity contribution < 1.29 is 23.7 Å². The van der Waals surface area contributed by atoms with Crippen LogP contribution in [-0.4, -0.2) is 34.2 Å². The van der Waals surface area contributed by atoms with E-state index in [1.165, 1.54) is 0 Å². The highest BCUT2D eigenvalue weighted by atomic mass is 16.5. The van der Waals surface area contributed by atoms with Gasteiger partial charge in [0.05, 0.1) is 28.4 Å². The van der Waals surface area contributed by atoms with E-state index in [1.54, 1.807) is 28.4 Å². The van der Waals surface area contributed by atoms with Crippen LogP contribution >= 0.6 is 0 Å². The van der Waals surface area contributed by atoms with Gasteiger partial charge >= 0.3 is 0 Å². The summed E-state index contributed by atoms with van der Waals surface area (Å²) in [6.45, 7) is 0. The number of carbonyl (C=O) groups excluding carboxylic acids is 1. The Bertz CT molecular complexity index is 951. The van der Waals surface area contributed by atoms with Crippen molar-refractivity contribution in [1.29, 1.82) is 0 Å². The van der Waals surface area contributed by atoms with Gasteiger partial charge in [-0.25, -0.2) is 0 Å². The van der Waals surface area contributed by atoms with Gasteiger partial charge < -0.3 is 18.9 Å². The number of benzene rings is 2. The predicted molar refractivity (Wildman–Crippen MR) is 118 cm³/mol. The summed E-state index contributed by atoms with van der Waals surface area (Å²) in [5.41, 5.74) is 1.78. The lowest BCUT2D eigenvalue weighted by Crippen LogP contribution is -2.33. The number of methoxy groups -OCH3 is 4. The van der Waals surface area contributed by atoms with Crippen LogP contribution in [0.5, 0.6) is 23.0 Å². The molecule has 0 bridgehead atoms. The van der Waals surface area contributed by atoms with E-state index in [-0.39, 0.29) is 22.7 Å². The second kappa shape index (κ2) is 7.18. The summed E-state index contributed by atoms with van der Waals surface area (Å²) in [6.07, 6.45) is 4.88. The third-order valence-corrected chi connectivity index (χ3v) is 7.93. The van der Waals surface area contributed by atoms with E-state index in [2.05, 4.69) is 12.1 Å². The number of hydrogen-bond donors (Lipinski definition) is 0. The van der Waals surface area contributed by atoms with Crippen LogP contribution in [-0.2, 0) is 4.79 Å². The van der Waals surface area contributed by atoms with Gasteiger partial charge in [0.25, 0.3) is 0 Å². The Morgan fingerprint density at radius 1 is 0.710 bits per heavy atom. The molecule has 3 fully saturated rings. The first kappa shape index (κ1) is 20.2. The Kier molecular flexibility index (Phi) is 4.68. The van der Waals surface area contributed by atoms with Crippen molar-refractivity contribution in [3.63, 3.8) is 0 Å². The maximum atomic E-state index is 14.0. The normalized spacial score (nSPS) is 30.9. The van der Waals surface area contributed by atoms with Gasteiger partial charge in [-0.2, -0.15) is 0 Å². The molecule has 0 saturated heterocycles. The molecule has 2 aromatic carbocycles. The van der Waals surface area contributed by atoms with Gasteiger partial charge in [-0.05, 0) is 48.9 Å². The third-order valence-electron chi connectivity index (χ3n) is 7.93. The number of carbonyl (C=O) groups is 1. The largest absolute Gasteiger partial charge is 0.497 e. The van der Waals surface area contributed by atoms with Crippen LogP contribution in [0.4, 0.5) is 0 Å². The molecule has 31 heavy (non-hydrogen) atoms. The number of ether oxygens (including phenoxy) is 4. The lowest BCUT2D eigenvalue weighted by atomic mass is 9.71. The second-order valence-corrected chi connectivity index (χ2v) is 9.22. The lowest BCUT2D eigenvalue weighted by molar-refractivity contribution is -0.132. The van der Waals surface area contributed by atoms with Gasteiger partial charge in [0, 0.05) is 34.8 Å². The first-order valence-corrected chi connectivity index (χ1v) is 11.0. The van der Waals surface area contributed by atoms with Gasteiger partial charge in [0.2, 0.25) is 0 Å². The molecule has 164 valence electrons. The zero-order valence-electron chi connectivity index (χ0n) is 18.7. The summed E-state index contributed by atoms with van der Waals surface area (Å²) < 4.78 is 22.0. The number of rotatable bonds is 6. The van der Waals surface area contributed by atoms with Crippen molar-refractivity contribution in [1.82, 2.24) is 0 Å². The summed E-state index contributed by atoms with van der Waals surface area (Å²) in [4.78, 5) is 14.0. The number of ketones is 1. The van der Waals surface area contributed by atoms with Crippen LogP contribution in [0.2, 0.25) is 0 Å². The fraction of sp³-hybridized carbons (Fsp3) is 0.500. The first-order chi connectivity index (χ1) is 15.0. The molecule has 3 saturated carbocycles. The Labute approximate surface area is 183 Å². The van der Waals surface area contributed by atoms with E-state index in [0.29, 0.717) is 5.78 Å². The molecule has 0 aliphatic heterocycles. The van der Waals surface area contributed by atoms with Crippen LogP contribution in [0.15, 0.2) is 36.4 Å². The zero-order chi connectivity index (χ0) is 21.8. The highest BCUT2D eigenvalue weighted by Crippen LogP contribution is 2.76. The van der Waals surface area contributed by atoms with Gasteiger partial charge in [-0.15, -0.1) is 0 Å². The maximum Gasteiger partial charge on any atom is 0.146 e. The molecule has 5 heteroatoms. The summed E-state index contributed by atoms with van der Waals surface area (Å²) in [5.74, 6) is 4.10. The predicted octanol–water partition coefficient (Wildman–Crippen LogP) is 5.12. The van der Waals surface area contributed by atoms with Crippen LogP contribution in [0, 0.1) is 10.8 Å². The molecule has 2 aromatic rings. The van der Waals surface area contributed by atoms with E-state index in [1.807, 2.05) is 24.3 Å². The van der Waals surface area contributed by atoms with E-state index >= 15 is 0 Å². The molecule has 5 rings (SSSR count). The van der Waals surface area contributed by atoms with Gasteiger partial charge in [-0.1, -0.05) is 18.6 Å². The van der Waals surface area contributed by atoms with Crippen LogP contribution in [0.3, 0.4) is 0 Å². The molecule has 3 aliphatic carbocycles. The Morgan fingerprint density at radius 2 is 1.16 bits per heavy atom. The van der Waals surface area contributed by atoms with Crippen molar-refractivity contribution >= 4 is 5.78 Å². The summed E-state index contributed by atoms with van der Waals surface area (Å²) in [6, 6.07) is 11.9. The van der Waals surface area contributed by atoms with E-state index < -0.39 is 0 Å². The minimum absolute atomic E-state index is 0.233. The number of hydrogen-bond acceptors (Lipinski definition) is 5. The van der Waals surface area contributed by atoms with Crippen LogP contribution < -0.4 is 18.9 Å². The molecule has 0 amide bonds. The smallest absolute Gasteiger partial charge is 0.146 e. The molecule has 4 unspecified atom stereocenters. The molecule has 3 aliphatic rings. The summed E-state index contributed by atoms with van der Waals surface area (Å²) >= 11 is 0. The van der Waals surface area contributed by atoms with Crippen LogP contribution in [0.25, 0.3) is 0 Å². The van der Waals surface area contributed by atoms with Gasteiger partial charge in [-0.3, -0.25) is 4.79 Å². The van der Waals surface area contributed by atoms with Crippen molar-refractivity contribution in [2.24, 2.45) is 10.8 Å². The molecule has 0 radical (unpaired) electrons. The molecule has 0 N–H and O–H groups in total. The third kappa shape index (κ3) is 2.93. The molecule has 0 heterocycles.